The summed E-state index contributed by atoms with van der Waals surface area (Å²) >= 11 is 0. The van der Waals surface area contributed by atoms with Gasteiger partial charge in [0.1, 0.15) is 0 Å². The molecule has 1 aromatic carbocycles. The fraction of sp³-hybridized carbons (Fsp3) is 0.533. The van der Waals surface area contributed by atoms with E-state index >= 15 is 0 Å². The zero-order valence-corrected chi connectivity index (χ0v) is 13.4. The van der Waals surface area contributed by atoms with Crippen molar-refractivity contribution in [3.8, 4) is 0 Å². The molecule has 0 aliphatic carbocycles. The minimum atomic E-state index is -3.52. The summed E-state index contributed by atoms with van der Waals surface area (Å²) in [5.74, 6) is 0.0334. The van der Waals surface area contributed by atoms with Crippen LogP contribution in [0, 0.1) is 0 Å². The van der Waals surface area contributed by atoms with Crippen molar-refractivity contribution in [3.05, 3.63) is 29.8 Å². The van der Waals surface area contributed by atoms with Gasteiger partial charge in [0.25, 0.3) is 0 Å². The third-order valence-electron chi connectivity index (χ3n) is 2.93. The summed E-state index contributed by atoms with van der Waals surface area (Å²) in [5.41, 5.74) is 0.548. The van der Waals surface area contributed by atoms with Crippen LogP contribution in [0.4, 0.5) is 0 Å². The van der Waals surface area contributed by atoms with E-state index in [4.69, 9.17) is 4.74 Å². The molecule has 0 saturated heterocycles. The number of benzene rings is 1. The van der Waals surface area contributed by atoms with Crippen LogP contribution in [0.25, 0.3) is 0 Å². The minimum absolute atomic E-state index is 0.0334. The Morgan fingerprint density at radius 3 is 2.43 bits per heavy atom. The van der Waals surface area contributed by atoms with E-state index < -0.39 is 10.0 Å². The van der Waals surface area contributed by atoms with E-state index in [1.807, 2.05) is 13.8 Å². The highest BCUT2D eigenvalue weighted by Crippen LogP contribution is 2.12. The lowest BCUT2D eigenvalue weighted by Crippen LogP contribution is -2.25. The van der Waals surface area contributed by atoms with Crippen LogP contribution < -0.4 is 4.72 Å². The predicted molar refractivity (Wildman–Crippen MR) is 82.0 cm³/mol. The van der Waals surface area contributed by atoms with E-state index in [-0.39, 0.29) is 10.7 Å². The third kappa shape index (κ3) is 5.95. The van der Waals surface area contributed by atoms with Crippen LogP contribution in [0.5, 0.6) is 0 Å². The Hall–Kier alpha value is -1.24. The van der Waals surface area contributed by atoms with Crippen LogP contribution >= 0.6 is 0 Å². The maximum absolute atomic E-state index is 12.0. The molecule has 21 heavy (non-hydrogen) atoms. The Kier molecular flexibility index (Phi) is 7.56. The van der Waals surface area contributed by atoms with Crippen molar-refractivity contribution in [1.82, 2.24) is 4.72 Å². The molecule has 5 nitrogen and oxygen atoms in total. The van der Waals surface area contributed by atoms with Gasteiger partial charge in [0.15, 0.2) is 5.78 Å². The molecule has 0 saturated carbocycles. The number of sulfonamides is 1. The smallest absolute Gasteiger partial charge is 0.240 e. The van der Waals surface area contributed by atoms with E-state index in [0.717, 1.165) is 6.42 Å². The number of carbonyl (C=O) groups excluding carboxylic acids is 1. The summed E-state index contributed by atoms with van der Waals surface area (Å²) in [4.78, 5) is 11.9. The molecule has 0 aliphatic heterocycles. The number of nitrogens with one attached hydrogen (secondary N) is 1. The molecule has 1 aromatic rings. The van der Waals surface area contributed by atoms with E-state index in [0.29, 0.717) is 38.2 Å². The summed E-state index contributed by atoms with van der Waals surface area (Å²) in [6, 6.07) is 6.06. The molecular formula is C15H23NO4S. The topological polar surface area (TPSA) is 72.5 Å². The van der Waals surface area contributed by atoms with Crippen LogP contribution in [0.1, 0.15) is 43.5 Å². The lowest BCUT2D eigenvalue weighted by molar-refractivity contribution is 0.0981. The van der Waals surface area contributed by atoms with Crippen molar-refractivity contribution >= 4 is 15.8 Å². The molecule has 0 spiro atoms. The lowest BCUT2D eigenvalue weighted by Gasteiger charge is -2.07. The third-order valence-corrected chi connectivity index (χ3v) is 4.40. The molecule has 0 unspecified atom stereocenters. The van der Waals surface area contributed by atoms with Crippen LogP contribution in [0.2, 0.25) is 0 Å². The Balaban J connectivity index is 2.61. The molecular weight excluding hydrogens is 290 g/mol. The van der Waals surface area contributed by atoms with Crippen molar-refractivity contribution < 1.29 is 17.9 Å². The zero-order chi connectivity index (χ0) is 15.7. The Morgan fingerprint density at radius 2 is 1.86 bits per heavy atom. The van der Waals surface area contributed by atoms with E-state index in [2.05, 4.69) is 4.72 Å². The molecule has 1 rings (SSSR count). The Morgan fingerprint density at radius 1 is 1.19 bits per heavy atom. The fourth-order valence-corrected chi connectivity index (χ4v) is 2.87. The average Bonchev–Trinajstić information content (AvgIpc) is 2.47. The molecule has 0 radical (unpaired) electrons. The number of carbonyl (C=O) groups is 1. The highest BCUT2D eigenvalue weighted by atomic mass is 32.2. The highest BCUT2D eigenvalue weighted by Gasteiger charge is 2.14. The predicted octanol–water partition coefficient (Wildman–Crippen LogP) is 2.37. The van der Waals surface area contributed by atoms with Gasteiger partial charge in [-0.15, -0.1) is 0 Å². The normalized spacial score (nSPS) is 11.5. The molecule has 0 aliphatic rings. The summed E-state index contributed by atoms with van der Waals surface area (Å²) in [6.45, 7) is 5.32. The first-order valence-electron chi connectivity index (χ1n) is 7.22. The van der Waals surface area contributed by atoms with Crippen LogP contribution in [0.3, 0.4) is 0 Å². The van der Waals surface area contributed by atoms with Gasteiger partial charge in [-0.05, 0) is 31.9 Å². The molecule has 0 amide bonds. The second-order valence-corrected chi connectivity index (χ2v) is 6.41. The minimum Gasteiger partial charge on any atom is -0.382 e. The Labute approximate surface area is 126 Å². The standard InChI is InChI=1S/C15H23NO4S/c1-3-6-15(17)13-7-9-14(10-8-13)21(18,19)16-11-5-12-20-4-2/h7-10,16H,3-6,11-12H2,1-2H3. The molecule has 0 aromatic heterocycles. The van der Waals surface area contributed by atoms with Crippen molar-refractivity contribution in [2.45, 2.75) is 38.0 Å². The number of hydrogen-bond donors (Lipinski definition) is 1. The van der Waals surface area contributed by atoms with Crippen LogP contribution in [-0.2, 0) is 14.8 Å². The molecule has 6 heteroatoms. The van der Waals surface area contributed by atoms with Gasteiger partial charge in [-0.25, -0.2) is 13.1 Å². The molecule has 0 atom stereocenters. The monoisotopic (exact) mass is 313 g/mol. The van der Waals surface area contributed by atoms with Gasteiger partial charge >= 0.3 is 0 Å². The van der Waals surface area contributed by atoms with Crippen LogP contribution in [-0.4, -0.2) is 34.0 Å². The summed E-state index contributed by atoms with van der Waals surface area (Å²) in [7, 11) is -3.52. The van der Waals surface area contributed by atoms with Crippen molar-refractivity contribution in [3.63, 3.8) is 0 Å². The first kappa shape index (κ1) is 17.8. The van der Waals surface area contributed by atoms with Gasteiger partial charge in [0.2, 0.25) is 10.0 Å². The van der Waals surface area contributed by atoms with Gasteiger partial charge in [0.05, 0.1) is 4.90 Å². The second kappa shape index (κ2) is 8.92. The maximum atomic E-state index is 12.0. The van der Waals surface area contributed by atoms with Gasteiger partial charge in [-0.3, -0.25) is 4.79 Å². The number of hydrogen-bond acceptors (Lipinski definition) is 4. The van der Waals surface area contributed by atoms with Crippen molar-refractivity contribution in [2.24, 2.45) is 0 Å². The summed E-state index contributed by atoms with van der Waals surface area (Å²) in [5, 5.41) is 0. The molecule has 0 fully saturated rings. The zero-order valence-electron chi connectivity index (χ0n) is 12.6. The molecule has 0 bridgehead atoms. The van der Waals surface area contributed by atoms with E-state index in [1.54, 1.807) is 12.1 Å². The average molecular weight is 313 g/mol. The van der Waals surface area contributed by atoms with Crippen molar-refractivity contribution in [1.29, 1.82) is 0 Å². The number of rotatable bonds is 10. The van der Waals surface area contributed by atoms with Gasteiger partial charge in [-0.1, -0.05) is 19.1 Å². The van der Waals surface area contributed by atoms with Gasteiger partial charge < -0.3 is 4.74 Å². The molecule has 118 valence electrons. The first-order chi connectivity index (χ1) is 10.0. The lowest BCUT2D eigenvalue weighted by atomic mass is 10.1. The van der Waals surface area contributed by atoms with Crippen LogP contribution in [0.15, 0.2) is 29.2 Å². The summed E-state index contributed by atoms with van der Waals surface area (Å²) < 4.78 is 31.7. The number of ether oxygens (including phenoxy) is 1. The number of Topliss-reactive ketones (excluding diaryl/α,β-unsaturated/α-hetero) is 1. The SMILES string of the molecule is CCCC(=O)c1ccc(S(=O)(=O)NCCCOCC)cc1. The second-order valence-electron chi connectivity index (χ2n) is 4.65. The fourth-order valence-electron chi connectivity index (χ4n) is 1.80. The highest BCUT2D eigenvalue weighted by molar-refractivity contribution is 7.89. The maximum Gasteiger partial charge on any atom is 0.240 e. The summed E-state index contributed by atoms with van der Waals surface area (Å²) in [6.07, 6.45) is 1.88. The molecule has 0 heterocycles. The molecule has 1 N–H and O–H groups in total. The van der Waals surface area contributed by atoms with Crippen molar-refractivity contribution in [2.75, 3.05) is 19.8 Å². The van der Waals surface area contributed by atoms with Gasteiger partial charge in [-0.2, -0.15) is 0 Å². The van der Waals surface area contributed by atoms with Gasteiger partial charge in [0, 0.05) is 31.7 Å². The largest absolute Gasteiger partial charge is 0.382 e. The number of ketones is 1. The Bertz CT molecular complexity index is 537. The van der Waals surface area contributed by atoms with E-state index in [1.165, 1.54) is 12.1 Å². The van der Waals surface area contributed by atoms with E-state index in [9.17, 15) is 13.2 Å². The quantitative estimate of drug-likeness (QED) is 0.532. The first-order valence-corrected chi connectivity index (χ1v) is 8.70.